The molecule has 0 bridgehead atoms. The maximum atomic E-state index is 11.4. The topological polar surface area (TPSA) is 141 Å². The third-order valence-electron chi connectivity index (χ3n) is 1.52. The summed E-state index contributed by atoms with van der Waals surface area (Å²) in [5.41, 5.74) is 5.13. The fourth-order valence-electron chi connectivity index (χ4n) is 0.877. The van der Waals surface area contributed by atoms with E-state index in [0.29, 0.717) is 0 Å². The molecule has 1 heterocycles. The Morgan fingerprint density at radius 1 is 1.69 bits per heavy atom. The van der Waals surface area contributed by atoms with E-state index >= 15 is 0 Å². The summed E-state index contributed by atoms with van der Waals surface area (Å²) in [7, 11) is 0. The molecule has 1 aromatic heterocycles. The normalized spacial score (nSPS) is 11.8. The van der Waals surface area contributed by atoms with Crippen molar-refractivity contribution in [3.8, 4) is 0 Å². The molecule has 8 nitrogen and oxygen atoms in total. The maximum absolute atomic E-state index is 11.4. The molecule has 0 saturated carbocycles. The molecule has 0 aliphatic carbocycles. The van der Waals surface area contributed by atoms with Crippen LogP contribution in [0, 0.1) is 0 Å². The number of carbonyl (C=O) groups is 1. The fraction of sp³-hybridized carbons (Fsp3) is 0.286. The van der Waals surface area contributed by atoms with E-state index < -0.39 is 12.2 Å². The third-order valence-corrected chi connectivity index (χ3v) is 2.20. The number of rotatable bonds is 4. The number of nitrogens with zero attached hydrogens (tertiary/aromatic N) is 2. The summed E-state index contributed by atoms with van der Waals surface area (Å²) in [6, 6.07) is 0. The van der Waals surface area contributed by atoms with Crippen molar-refractivity contribution in [2.24, 2.45) is 5.16 Å². The van der Waals surface area contributed by atoms with Gasteiger partial charge in [-0.1, -0.05) is 5.16 Å². The average Bonchev–Trinajstić information content (AvgIpc) is 2.63. The van der Waals surface area contributed by atoms with Crippen LogP contribution in [0.3, 0.4) is 0 Å². The Morgan fingerprint density at radius 2 is 2.38 bits per heavy atom. The van der Waals surface area contributed by atoms with Crippen LogP contribution in [-0.4, -0.2) is 44.9 Å². The maximum Gasteiger partial charge on any atom is 0.275 e. The Kier molecular flexibility index (Phi) is 4.17. The minimum atomic E-state index is -1.68. The molecule has 1 aromatic rings. The Hall–Kier alpha value is -1.71. The van der Waals surface area contributed by atoms with Gasteiger partial charge in [0, 0.05) is 5.38 Å². The Morgan fingerprint density at radius 3 is 2.81 bits per heavy atom. The van der Waals surface area contributed by atoms with E-state index in [-0.39, 0.29) is 23.1 Å². The van der Waals surface area contributed by atoms with Crippen LogP contribution in [0.5, 0.6) is 0 Å². The van der Waals surface area contributed by atoms with Gasteiger partial charge in [0.1, 0.15) is 5.69 Å². The van der Waals surface area contributed by atoms with E-state index in [1.54, 1.807) is 0 Å². The van der Waals surface area contributed by atoms with Crippen LogP contribution in [0.25, 0.3) is 0 Å². The lowest BCUT2D eigenvalue weighted by molar-refractivity contribution is -0.117. The van der Waals surface area contributed by atoms with Crippen molar-refractivity contribution in [1.29, 1.82) is 0 Å². The van der Waals surface area contributed by atoms with Crippen molar-refractivity contribution in [2.75, 3.05) is 12.3 Å². The summed E-state index contributed by atoms with van der Waals surface area (Å²) in [6.45, 7) is -0.378. The molecule has 9 heteroatoms. The molecule has 16 heavy (non-hydrogen) atoms. The first-order valence-electron chi connectivity index (χ1n) is 4.12. The second kappa shape index (κ2) is 5.39. The number of aromatic nitrogens is 1. The highest BCUT2D eigenvalue weighted by atomic mass is 32.1. The summed E-state index contributed by atoms with van der Waals surface area (Å²) in [5, 5.41) is 32.3. The molecule has 0 spiro atoms. The van der Waals surface area contributed by atoms with E-state index in [2.05, 4.69) is 15.5 Å². The van der Waals surface area contributed by atoms with Gasteiger partial charge in [0.25, 0.3) is 5.91 Å². The number of hydrogen-bond acceptors (Lipinski definition) is 8. The second-order valence-electron chi connectivity index (χ2n) is 2.71. The summed E-state index contributed by atoms with van der Waals surface area (Å²) in [6.07, 6.45) is -1.68. The Labute approximate surface area is 94.0 Å². The van der Waals surface area contributed by atoms with Crippen molar-refractivity contribution in [2.45, 2.75) is 6.29 Å². The lowest BCUT2D eigenvalue weighted by Gasteiger charge is -2.05. The molecule has 88 valence electrons. The minimum Gasteiger partial charge on any atom is -0.410 e. The van der Waals surface area contributed by atoms with Gasteiger partial charge in [-0.25, -0.2) is 4.98 Å². The molecule has 0 atom stereocenters. The van der Waals surface area contributed by atoms with Gasteiger partial charge in [0.15, 0.2) is 17.1 Å². The highest BCUT2D eigenvalue weighted by Gasteiger charge is 2.18. The molecular weight excluding hydrogens is 236 g/mol. The molecule has 0 aliphatic rings. The number of anilines is 1. The van der Waals surface area contributed by atoms with Crippen molar-refractivity contribution in [1.82, 2.24) is 10.3 Å². The number of nitrogens with one attached hydrogen (secondary N) is 1. The highest BCUT2D eigenvalue weighted by molar-refractivity contribution is 7.13. The van der Waals surface area contributed by atoms with E-state index in [1.165, 1.54) is 5.38 Å². The number of carbonyl (C=O) groups excluding carboxylic acids is 1. The molecule has 0 aromatic carbocycles. The lowest BCUT2D eigenvalue weighted by atomic mass is 10.3. The molecule has 0 fully saturated rings. The SMILES string of the molecule is Nc1nc(C(=NO)C(=O)NCC(O)O)cs1. The predicted octanol–water partition coefficient (Wildman–Crippen LogP) is -1.67. The summed E-state index contributed by atoms with van der Waals surface area (Å²) >= 11 is 1.09. The minimum absolute atomic E-state index is 0.120. The largest absolute Gasteiger partial charge is 0.410 e. The zero-order valence-corrected chi connectivity index (χ0v) is 8.81. The molecule has 0 radical (unpaired) electrons. The van der Waals surface area contributed by atoms with E-state index in [9.17, 15) is 4.79 Å². The number of nitrogens with two attached hydrogens (primary N) is 1. The van der Waals surface area contributed by atoms with Crippen LogP contribution in [0.1, 0.15) is 5.69 Å². The standard InChI is InChI=1S/C7H10N4O4S/c8-7-10-3(2-16-7)5(11-15)6(14)9-1-4(12)13/h2,4,12-13,15H,1H2,(H2,8,10)(H,9,14). The fourth-order valence-corrected chi connectivity index (χ4v) is 1.42. The highest BCUT2D eigenvalue weighted by Crippen LogP contribution is 2.11. The van der Waals surface area contributed by atoms with E-state index in [1.807, 2.05) is 0 Å². The summed E-state index contributed by atoms with van der Waals surface area (Å²) < 4.78 is 0. The lowest BCUT2D eigenvalue weighted by Crippen LogP contribution is -2.37. The molecule has 0 unspecified atom stereocenters. The van der Waals surface area contributed by atoms with Gasteiger partial charge < -0.3 is 26.5 Å². The average molecular weight is 246 g/mol. The molecular formula is C7H10N4O4S. The van der Waals surface area contributed by atoms with Gasteiger partial charge in [0.05, 0.1) is 6.54 Å². The van der Waals surface area contributed by atoms with Crippen molar-refractivity contribution >= 4 is 28.1 Å². The first-order valence-corrected chi connectivity index (χ1v) is 5.00. The van der Waals surface area contributed by atoms with Crippen molar-refractivity contribution < 1.29 is 20.2 Å². The van der Waals surface area contributed by atoms with Gasteiger partial charge in [-0.3, -0.25) is 4.79 Å². The van der Waals surface area contributed by atoms with Crippen LogP contribution in [0.15, 0.2) is 10.5 Å². The van der Waals surface area contributed by atoms with Gasteiger partial charge in [-0.05, 0) is 0 Å². The van der Waals surface area contributed by atoms with Gasteiger partial charge in [-0.2, -0.15) is 0 Å². The monoisotopic (exact) mass is 246 g/mol. The van der Waals surface area contributed by atoms with Gasteiger partial charge in [-0.15, -0.1) is 11.3 Å². The zero-order chi connectivity index (χ0) is 12.1. The predicted molar refractivity (Wildman–Crippen MR) is 56.1 cm³/mol. The molecule has 1 amide bonds. The molecule has 0 aliphatic heterocycles. The number of aliphatic hydroxyl groups excluding tert-OH is 1. The third kappa shape index (κ3) is 3.15. The zero-order valence-electron chi connectivity index (χ0n) is 7.99. The Bertz CT molecular complexity index is 403. The van der Waals surface area contributed by atoms with Crippen LogP contribution in [0.2, 0.25) is 0 Å². The summed E-state index contributed by atoms with van der Waals surface area (Å²) in [4.78, 5) is 15.1. The van der Waals surface area contributed by atoms with E-state index in [4.69, 9.17) is 21.2 Å². The number of hydrogen-bond donors (Lipinski definition) is 5. The number of aliphatic hydroxyl groups is 2. The van der Waals surface area contributed by atoms with Crippen molar-refractivity contribution in [3.63, 3.8) is 0 Å². The number of oxime groups is 1. The molecule has 1 rings (SSSR count). The first kappa shape index (κ1) is 12.4. The van der Waals surface area contributed by atoms with Crippen LogP contribution >= 0.6 is 11.3 Å². The number of nitrogen functional groups attached to an aromatic ring is 1. The van der Waals surface area contributed by atoms with Gasteiger partial charge in [0.2, 0.25) is 0 Å². The van der Waals surface area contributed by atoms with Crippen molar-refractivity contribution in [3.05, 3.63) is 11.1 Å². The molecule has 6 N–H and O–H groups in total. The van der Waals surface area contributed by atoms with E-state index in [0.717, 1.165) is 11.3 Å². The number of thiazole rings is 1. The second-order valence-corrected chi connectivity index (χ2v) is 3.60. The molecule has 0 saturated heterocycles. The van der Waals surface area contributed by atoms with Crippen LogP contribution in [-0.2, 0) is 4.79 Å². The summed E-state index contributed by atoms with van der Waals surface area (Å²) in [5.74, 6) is -0.777. The van der Waals surface area contributed by atoms with Crippen LogP contribution < -0.4 is 11.1 Å². The first-order chi connectivity index (χ1) is 7.54. The number of amides is 1. The smallest absolute Gasteiger partial charge is 0.275 e. The quantitative estimate of drug-likeness (QED) is 0.186. The van der Waals surface area contributed by atoms with Gasteiger partial charge >= 0.3 is 0 Å². The van der Waals surface area contributed by atoms with Crippen LogP contribution in [0.4, 0.5) is 5.13 Å². The Balaban J connectivity index is 2.72.